The van der Waals surface area contributed by atoms with Gasteiger partial charge in [-0.15, -0.1) is 0 Å². The maximum atomic E-state index is 10.2. The van der Waals surface area contributed by atoms with Crippen molar-refractivity contribution in [2.24, 2.45) is 0 Å². The summed E-state index contributed by atoms with van der Waals surface area (Å²) in [4.78, 5) is 0. The average Bonchev–Trinajstić information content (AvgIpc) is 1.76. The van der Waals surface area contributed by atoms with E-state index in [4.69, 9.17) is 4.55 Å². The van der Waals surface area contributed by atoms with Crippen LogP contribution in [-0.2, 0) is 10.1 Å². The second kappa shape index (κ2) is 4.02. The SMILES string of the molecule is CC(C)(C)NCC=CS(=O)(=O)O. The third kappa shape index (κ3) is 9.61. The van der Waals surface area contributed by atoms with E-state index in [1.807, 2.05) is 20.8 Å². The standard InChI is InChI=1S/C7H15NO3S/c1-7(2,3)8-5-4-6-12(9,10)11/h4,6,8H,5H2,1-3H3,(H,9,10,11). The first-order valence-electron chi connectivity index (χ1n) is 3.60. The van der Waals surface area contributed by atoms with Crippen LogP contribution in [0.25, 0.3) is 0 Å². The summed E-state index contributed by atoms with van der Waals surface area (Å²) >= 11 is 0. The highest BCUT2D eigenvalue weighted by molar-refractivity contribution is 7.88. The molecule has 0 aliphatic carbocycles. The Kier molecular flexibility index (Phi) is 3.89. The molecule has 0 atom stereocenters. The van der Waals surface area contributed by atoms with Crippen LogP contribution < -0.4 is 5.32 Å². The van der Waals surface area contributed by atoms with Crippen LogP contribution in [0.5, 0.6) is 0 Å². The first-order chi connectivity index (χ1) is 5.21. The highest BCUT2D eigenvalue weighted by Crippen LogP contribution is 1.97. The summed E-state index contributed by atoms with van der Waals surface area (Å²) in [7, 11) is -3.96. The fraction of sp³-hybridized carbons (Fsp3) is 0.714. The van der Waals surface area contributed by atoms with Crippen molar-refractivity contribution in [1.29, 1.82) is 0 Å². The molecule has 0 heterocycles. The van der Waals surface area contributed by atoms with Gasteiger partial charge in [0.2, 0.25) is 0 Å². The molecule has 0 rings (SSSR count). The first kappa shape index (κ1) is 11.6. The number of hydrogen-bond acceptors (Lipinski definition) is 3. The van der Waals surface area contributed by atoms with Gasteiger partial charge in [0.15, 0.2) is 0 Å². The van der Waals surface area contributed by atoms with Gasteiger partial charge in [0, 0.05) is 12.1 Å². The van der Waals surface area contributed by atoms with Crippen LogP contribution in [0, 0.1) is 0 Å². The molecule has 0 unspecified atom stereocenters. The highest BCUT2D eigenvalue weighted by Gasteiger charge is 2.06. The van der Waals surface area contributed by atoms with Crippen LogP contribution in [0.1, 0.15) is 20.8 Å². The van der Waals surface area contributed by atoms with Crippen LogP contribution in [0.4, 0.5) is 0 Å². The largest absolute Gasteiger partial charge is 0.309 e. The van der Waals surface area contributed by atoms with Gasteiger partial charge in [0.05, 0.1) is 5.41 Å². The Morgan fingerprint density at radius 2 is 1.92 bits per heavy atom. The molecule has 0 spiro atoms. The summed E-state index contributed by atoms with van der Waals surface area (Å²) in [5.41, 5.74) is -0.0520. The van der Waals surface area contributed by atoms with E-state index >= 15 is 0 Å². The predicted octanol–water partition coefficient (Wildman–Crippen LogP) is 0.776. The molecule has 2 N–H and O–H groups in total. The second-order valence-corrected chi connectivity index (χ2v) is 4.82. The predicted molar refractivity (Wildman–Crippen MR) is 48.4 cm³/mol. The Labute approximate surface area is 73.4 Å². The number of hydrogen-bond donors (Lipinski definition) is 2. The quantitative estimate of drug-likeness (QED) is 0.650. The lowest BCUT2D eigenvalue weighted by atomic mass is 10.1. The summed E-state index contributed by atoms with van der Waals surface area (Å²) in [5.74, 6) is 0. The number of rotatable bonds is 3. The van der Waals surface area contributed by atoms with Gasteiger partial charge in [-0.3, -0.25) is 4.55 Å². The van der Waals surface area contributed by atoms with Crippen molar-refractivity contribution in [3.8, 4) is 0 Å². The molecule has 12 heavy (non-hydrogen) atoms. The number of nitrogens with one attached hydrogen (secondary N) is 1. The Morgan fingerprint density at radius 1 is 1.42 bits per heavy atom. The van der Waals surface area contributed by atoms with E-state index in [1.54, 1.807) is 0 Å². The molecular weight excluding hydrogens is 178 g/mol. The molecule has 0 saturated carbocycles. The van der Waals surface area contributed by atoms with Crippen molar-refractivity contribution >= 4 is 10.1 Å². The average molecular weight is 193 g/mol. The van der Waals surface area contributed by atoms with Crippen LogP contribution >= 0.6 is 0 Å². The molecule has 0 radical (unpaired) electrons. The van der Waals surface area contributed by atoms with Gasteiger partial charge < -0.3 is 5.32 Å². The van der Waals surface area contributed by atoms with Crippen molar-refractivity contribution in [2.45, 2.75) is 26.3 Å². The molecule has 0 bridgehead atoms. The third-order valence-corrected chi connectivity index (χ3v) is 1.55. The van der Waals surface area contributed by atoms with E-state index in [1.165, 1.54) is 6.08 Å². The zero-order valence-corrected chi connectivity index (χ0v) is 8.35. The Balaban J connectivity index is 3.80. The van der Waals surface area contributed by atoms with E-state index in [2.05, 4.69) is 5.32 Å². The molecule has 4 nitrogen and oxygen atoms in total. The van der Waals surface area contributed by atoms with Gasteiger partial charge in [-0.2, -0.15) is 8.42 Å². The molecule has 5 heteroatoms. The smallest absolute Gasteiger partial charge is 0.287 e. The summed E-state index contributed by atoms with van der Waals surface area (Å²) < 4.78 is 28.7. The summed E-state index contributed by atoms with van der Waals surface area (Å²) in [6, 6.07) is 0. The minimum Gasteiger partial charge on any atom is -0.309 e. The van der Waals surface area contributed by atoms with Gasteiger partial charge >= 0.3 is 0 Å². The molecule has 72 valence electrons. The van der Waals surface area contributed by atoms with Crippen molar-refractivity contribution in [1.82, 2.24) is 5.32 Å². The molecule has 0 aromatic heterocycles. The van der Waals surface area contributed by atoms with Crippen molar-refractivity contribution in [2.75, 3.05) is 6.54 Å². The topological polar surface area (TPSA) is 66.4 Å². The third-order valence-electron chi connectivity index (χ3n) is 1.02. The molecule has 0 fully saturated rings. The molecule has 0 aliphatic heterocycles. The van der Waals surface area contributed by atoms with Gasteiger partial charge in [-0.05, 0) is 20.8 Å². The lowest BCUT2D eigenvalue weighted by molar-refractivity contribution is 0.449. The van der Waals surface area contributed by atoms with Gasteiger partial charge in [-0.25, -0.2) is 0 Å². The van der Waals surface area contributed by atoms with Crippen molar-refractivity contribution in [3.05, 3.63) is 11.5 Å². The fourth-order valence-electron chi connectivity index (χ4n) is 0.535. The van der Waals surface area contributed by atoms with Gasteiger partial charge in [-0.1, -0.05) is 6.08 Å². The van der Waals surface area contributed by atoms with Gasteiger partial charge in [0.25, 0.3) is 10.1 Å². The highest BCUT2D eigenvalue weighted by atomic mass is 32.2. The van der Waals surface area contributed by atoms with E-state index in [0.29, 0.717) is 6.54 Å². The normalized spacial score (nSPS) is 14.0. The maximum Gasteiger partial charge on any atom is 0.287 e. The molecule has 0 aliphatic rings. The van der Waals surface area contributed by atoms with Crippen molar-refractivity contribution in [3.63, 3.8) is 0 Å². The Hall–Kier alpha value is -0.390. The van der Waals surface area contributed by atoms with E-state index in [-0.39, 0.29) is 5.54 Å². The second-order valence-electron chi connectivity index (χ2n) is 3.52. The lowest BCUT2D eigenvalue weighted by Crippen LogP contribution is -2.35. The summed E-state index contributed by atoms with van der Waals surface area (Å²) in [6.45, 7) is 6.32. The monoisotopic (exact) mass is 193 g/mol. The van der Waals surface area contributed by atoms with Crippen LogP contribution in [0.2, 0.25) is 0 Å². The first-order valence-corrected chi connectivity index (χ1v) is 5.10. The lowest BCUT2D eigenvalue weighted by Gasteiger charge is -2.18. The summed E-state index contributed by atoms with van der Waals surface area (Å²) in [5, 5.41) is 3.80. The van der Waals surface area contributed by atoms with Crippen LogP contribution in [0.3, 0.4) is 0 Å². The maximum absolute atomic E-state index is 10.2. The molecule has 0 amide bonds. The Bertz CT molecular complexity index is 248. The molecule has 0 aromatic carbocycles. The van der Waals surface area contributed by atoms with Crippen LogP contribution in [0.15, 0.2) is 11.5 Å². The molecule has 0 saturated heterocycles. The molecule has 0 aromatic rings. The van der Waals surface area contributed by atoms with Crippen LogP contribution in [-0.4, -0.2) is 25.1 Å². The van der Waals surface area contributed by atoms with Gasteiger partial charge in [0.1, 0.15) is 0 Å². The minimum atomic E-state index is -3.96. The molecular formula is C7H15NO3S. The van der Waals surface area contributed by atoms with E-state index in [9.17, 15) is 8.42 Å². The van der Waals surface area contributed by atoms with E-state index in [0.717, 1.165) is 5.41 Å². The van der Waals surface area contributed by atoms with Crippen molar-refractivity contribution < 1.29 is 13.0 Å². The minimum absolute atomic E-state index is 0.0520. The summed E-state index contributed by atoms with van der Waals surface area (Å²) in [6.07, 6.45) is 1.36. The fourth-order valence-corrected chi connectivity index (χ4v) is 0.874. The zero-order valence-electron chi connectivity index (χ0n) is 7.53. The zero-order chi connectivity index (χ0) is 9.83. The Morgan fingerprint density at radius 3 is 2.25 bits per heavy atom. The van der Waals surface area contributed by atoms with E-state index < -0.39 is 10.1 Å².